The first-order chi connectivity index (χ1) is 9.22. The van der Waals surface area contributed by atoms with Gasteiger partial charge in [-0.1, -0.05) is 37.3 Å². The summed E-state index contributed by atoms with van der Waals surface area (Å²) in [4.78, 5) is 8.71. The van der Waals surface area contributed by atoms with E-state index in [1.54, 1.807) is 0 Å². The van der Waals surface area contributed by atoms with Gasteiger partial charge in [0.05, 0.1) is 12.6 Å². The SMILES string of the molecule is CCc1cc(N[C@H](CO)c2ccccc2)nc(C)n1. The minimum absolute atomic E-state index is 0.0223. The van der Waals surface area contributed by atoms with Crippen molar-refractivity contribution < 1.29 is 5.11 Å². The number of aliphatic hydroxyl groups excluding tert-OH is 1. The summed E-state index contributed by atoms with van der Waals surface area (Å²) in [5.41, 5.74) is 2.04. The Morgan fingerprint density at radius 1 is 1.21 bits per heavy atom. The highest BCUT2D eigenvalue weighted by Crippen LogP contribution is 2.18. The molecule has 0 fully saturated rings. The lowest BCUT2D eigenvalue weighted by Crippen LogP contribution is -2.16. The zero-order valence-corrected chi connectivity index (χ0v) is 11.3. The molecular formula is C15H19N3O. The predicted octanol–water partition coefficient (Wildman–Crippen LogP) is 2.49. The van der Waals surface area contributed by atoms with E-state index in [4.69, 9.17) is 0 Å². The van der Waals surface area contributed by atoms with Crippen LogP contribution in [0.4, 0.5) is 5.82 Å². The number of aromatic nitrogens is 2. The molecule has 0 bridgehead atoms. The van der Waals surface area contributed by atoms with Crippen molar-refractivity contribution in [3.05, 3.63) is 53.5 Å². The molecule has 4 heteroatoms. The first-order valence-electron chi connectivity index (χ1n) is 6.49. The molecule has 0 aliphatic rings. The molecule has 100 valence electrons. The van der Waals surface area contributed by atoms with Crippen molar-refractivity contribution in [1.29, 1.82) is 0 Å². The maximum Gasteiger partial charge on any atom is 0.130 e. The minimum Gasteiger partial charge on any atom is -0.394 e. The second kappa shape index (κ2) is 6.29. The molecule has 1 aromatic heterocycles. The Hall–Kier alpha value is -1.94. The number of rotatable bonds is 5. The van der Waals surface area contributed by atoms with Gasteiger partial charge in [0.1, 0.15) is 11.6 Å². The molecule has 4 nitrogen and oxygen atoms in total. The van der Waals surface area contributed by atoms with Gasteiger partial charge in [-0.25, -0.2) is 9.97 Å². The molecular weight excluding hydrogens is 238 g/mol. The lowest BCUT2D eigenvalue weighted by molar-refractivity contribution is 0.276. The van der Waals surface area contributed by atoms with Crippen LogP contribution in [0.3, 0.4) is 0 Å². The fourth-order valence-corrected chi connectivity index (χ4v) is 1.98. The molecule has 0 aliphatic carbocycles. The average molecular weight is 257 g/mol. The van der Waals surface area contributed by atoms with Crippen molar-refractivity contribution in [3.8, 4) is 0 Å². The van der Waals surface area contributed by atoms with Crippen LogP contribution in [0.25, 0.3) is 0 Å². The zero-order chi connectivity index (χ0) is 13.7. The monoisotopic (exact) mass is 257 g/mol. The van der Waals surface area contributed by atoms with Gasteiger partial charge in [0.25, 0.3) is 0 Å². The summed E-state index contributed by atoms with van der Waals surface area (Å²) < 4.78 is 0. The third kappa shape index (κ3) is 3.51. The third-order valence-electron chi connectivity index (χ3n) is 2.96. The maximum absolute atomic E-state index is 9.53. The maximum atomic E-state index is 9.53. The zero-order valence-electron chi connectivity index (χ0n) is 11.3. The van der Waals surface area contributed by atoms with Crippen LogP contribution in [0.2, 0.25) is 0 Å². The van der Waals surface area contributed by atoms with Crippen LogP contribution in [-0.2, 0) is 6.42 Å². The predicted molar refractivity (Wildman–Crippen MR) is 76.0 cm³/mol. The van der Waals surface area contributed by atoms with E-state index in [1.807, 2.05) is 43.3 Å². The van der Waals surface area contributed by atoms with Crippen LogP contribution < -0.4 is 5.32 Å². The smallest absolute Gasteiger partial charge is 0.130 e. The fourth-order valence-electron chi connectivity index (χ4n) is 1.98. The second-order valence-corrected chi connectivity index (χ2v) is 4.44. The Balaban J connectivity index is 2.21. The second-order valence-electron chi connectivity index (χ2n) is 4.44. The standard InChI is InChI=1S/C15H19N3O/c1-3-13-9-15(17-11(2)16-13)18-14(10-19)12-7-5-4-6-8-12/h4-9,14,19H,3,10H2,1-2H3,(H,16,17,18)/t14-/m1/s1. The lowest BCUT2D eigenvalue weighted by atomic mass is 10.1. The average Bonchev–Trinajstić information content (AvgIpc) is 2.45. The highest BCUT2D eigenvalue weighted by atomic mass is 16.3. The number of benzene rings is 1. The summed E-state index contributed by atoms with van der Waals surface area (Å²) in [6.07, 6.45) is 0.868. The largest absolute Gasteiger partial charge is 0.394 e. The van der Waals surface area contributed by atoms with Crippen LogP contribution in [0.1, 0.15) is 30.0 Å². The quantitative estimate of drug-likeness (QED) is 0.864. The lowest BCUT2D eigenvalue weighted by Gasteiger charge is -2.18. The Morgan fingerprint density at radius 2 is 1.95 bits per heavy atom. The summed E-state index contributed by atoms with van der Waals surface area (Å²) in [5, 5.41) is 12.8. The number of hydrogen-bond donors (Lipinski definition) is 2. The van der Waals surface area contributed by atoms with Gasteiger partial charge in [0, 0.05) is 11.8 Å². The number of aliphatic hydroxyl groups is 1. The van der Waals surface area contributed by atoms with Gasteiger partial charge in [-0.15, -0.1) is 0 Å². The van der Waals surface area contributed by atoms with Crippen molar-refractivity contribution in [2.75, 3.05) is 11.9 Å². The fraction of sp³-hybridized carbons (Fsp3) is 0.333. The van der Waals surface area contributed by atoms with Gasteiger partial charge in [-0.2, -0.15) is 0 Å². The first kappa shape index (κ1) is 13.5. The molecule has 0 aliphatic heterocycles. The molecule has 0 amide bonds. The van der Waals surface area contributed by atoms with Crippen LogP contribution in [0.15, 0.2) is 36.4 Å². The van der Waals surface area contributed by atoms with E-state index < -0.39 is 0 Å². The summed E-state index contributed by atoms with van der Waals surface area (Å²) in [6.45, 7) is 3.96. The third-order valence-corrected chi connectivity index (χ3v) is 2.96. The Morgan fingerprint density at radius 3 is 2.58 bits per heavy atom. The first-order valence-corrected chi connectivity index (χ1v) is 6.49. The Bertz CT molecular complexity index is 528. The van der Waals surface area contributed by atoms with Crippen molar-refractivity contribution in [1.82, 2.24) is 9.97 Å². The van der Waals surface area contributed by atoms with Crippen molar-refractivity contribution in [2.45, 2.75) is 26.3 Å². The van der Waals surface area contributed by atoms with E-state index in [0.717, 1.165) is 29.3 Å². The van der Waals surface area contributed by atoms with E-state index in [1.165, 1.54) is 0 Å². The van der Waals surface area contributed by atoms with Gasteiger partial charge < -0.3 is 10.4 Å². The normalized spacial score (nSPS) is 12.2. The number of nitrogens with one attached hydrogen (secondary N) is 1. The van der Waals surface area contributed by atoms with Crippen molar-refractivity contribution in [3.63, 3.8) is 0 Å². The number of aryl methyl sites for hydroxylation is 2. The number of hydrogen-bond acceptors (Lipinski definition) is 4. The molecule has 2 aromatic rings. The van der Waals surface area contributed by atoms with E-state index >= 15 is 0 Å². The molecule has 0 saturated carbocycles. The van der Waals surface area contributed by atoms with E-state index in [2.05, 4.69) is 22.2 Å². The molecule has 19 heavy (non-hydrogen) atoms. The topological polar surface area (TPSA) is 58.0 Å². The van der Waals surface area contributed by atoms with Crippen LogP contribution in [-0.4, -0.2) is 21.7 Å². The summed E-state index contributed by atoms with van der Waals surface area (Å²) in [7, 11) is 0. The van der Waals surface area contributed by atoms with Gasteiger partial charge >= 0.3 is 0 Å². The van der Waals surface area contributed by atoms with Crippen LogP contribution in [0, 0.1) is 6.92 Å². The molecule has 1 aromatic carbocycles. The van der Waals surface area contributed by atoms with Gasteiger partial charge in [0.15, 0.2) is 0 Å². The van der Waals surface area contributed by atoms with Gasteiger partial charge in [-0.3, -0.25) is 0 Å². The highest BCUT2D eigenvalue weighted by molar-refractivity contribution is 5.40. The Labute approximate surface area is 113 Å². The molecule has 0 radical (unpaired) electrons. The van der Waals surface area contributed by atoms with E-state index in [0.29, 0.717) is 0 Å². The molecule has 0 unspecified atom stereocenters. The minimum atomic E-state index is -0.153. The van der Waals surface area contributed by atoms with Crippen LogP contribution in [0.5, 0.6) is 0 Å². The summed E-state index contributed by atoms with van der Waals surface area (Å²) >= 11 is 0. The number of nitrogens with zero attached hydrogens (tertiary/aromatic N) is 2. The molecule has 1 atom stereocenters. The van der Waals surface area contributed by atoms with Crippen molar-refractivity contribution >= 4 is 5.82 Å². The van der Waals surface area contributed by atoms with E-state index in [9.17, 15) is 5.11 Å². The molecule has 0 saturated heterocycles. The number of anilines is 1. The molecule has 1 heterocycles. The van der Waals surface area contributed by atoms with Gasteiger partial charge in [-0.05, 0) is 18.9 Å². The molecule has 2 N–H and O–H groups in total. The van der Waals surface area contributed by atoms with Crippen LogP contribution >= 0.6 is 0 Å². The Kier molecular flexibility index (Phi) is 4.47. The van der Waals surface area contributed by atoms with Crippen molar-refractivity contribution in [2.24, 2.45) is 0 Å². The summed E-state index contributed by atoms with van der Waals surface area (Å²) in [5.74, 6) is 1.50. The molecule has 2 rings (SSSR count). The van der Waals surface area contributed by atoms with E-state index in [-0.39, 0.29) is 12.6 Å². The van der Waals surface area contributed by atoms with Gasteiger partial charge in [0.2, 0.25) is 0 Å². The highest BCUT2D eigenvalue weighted by Gasteiger charge is 2.11. The summed E-state index contributed by atoms with van der Waals surface area (Å²) in [6, 6.07) is 11.6. The molecule has 0 spiro atoms.